The van der Waals surface area contributed by atoms with Crippen molar-refractivity contribution in [1.29, 1.82) is 0 Å². The summed E-state index contributed by atoms with van der Waals surface area (Å²) in [7, 11) is 1.61. The quantitative estimate of drug-likeness (QED) is 0.598. The highest BCUT2D eigenvalue weighted by Gasteiger charge is 2.16. The summed E-state index contributed by atoms with van der Waals surface area (Å²) < 4.78 is 0. The summed E-state index contributed by atoms with van der Waals surface area (Å²) in [5.74, 6) is -1.46. The minimum Gasteiger partial charge on any atom is -0.478 e. The van der Waals surface area contributed by atoms with Crippen molar-refractivity contribution < 1.29 is 19.6 Å². The van der Waals surface area contributed by atoms with Crippen LogP contribution in [0.1, 0.15) is 17.3 Å². The van der Waals surface area contributed by atoms with Crippen molar-refractivity contribution in [1.82, 2.24) is 4.90 Å². The predicted molar refractivity (Wildman–Crippen MR) is 71.9 cm³/mol. The van der Waals surface area contributed by atoms with Gasteiger partial charge >= 0.3 is 5.97 Å². The molecule has 20 heavy (non-hydrogen) atoms. The Hall–Kier alpha value is -2.64. The fourth-order valence-corrected chi connectivity index (χ4v) is 1.46. The van der Waals surface area contributed by atoms with Crippen molar-refractivity contribution in [3.63, 3.8) is 0 Å². The topological polar surface area (TPSA) is 113 Å². The first-order valence-corrected chi connectivity index (χ1v) is 5.86. The second kappa shape index (κ2) is 6.50. The first-order valence-electron chi connectivity index (χ1n) is 5.86. The van der Waals surface area contributed by atoms with Gasteiger partial charge < -0.3 is 15.3 Å². The Labute approximate surface area is 115 Å². The number of nitrogens with one attached hydrogen (secondary N) is 1. The number of carboxylic acid groups (broad SMARTS) is 1. The van der Waals surface area contributed by atoms with Gasteiger partial charge in [-0.1, -0.05) is 0 Å². The summed E-state index contributed by atoms with van der Waals surface area (Å²) in [6.07, 6.45) is 0. The number of nitrogens with zero attached hydrogens (tertiary/aromatic N) is 2. The standard InChI is InChI=1S/C12H15N3O5/c1-3-14(2)11(16)7-13-10-6-8(15(19)20)4-5-9(10)12(17)18/h4-6,13H,3,7H2,1-2H3,(H,17,18). The zero-order valence-electron chi connectivity index (χ0n) is 11.1. The van der Waals surface area contributed by atoms with Gasteiger partial charge in [-0.25, -0.2) is 4.79 Å². The van der Waals surface area contributed by atoms with Crippen molar-refractivity contribution in [3.05, 3.63) is 33.9 Å². The minimum atomic E-state index is -1.22. The zero-order valence-corrected chi connectivity index (χ0v) is 11.1. The Kier molecular flexibility index (Phi) is 5.01. The molecule has 0 heterocycles. The van der Waals surface area contributed by atoms with Crippen molar-refractivity contribution in [2.75, 3.05) is 25.5 Å². The predicted octanol–water partition coefficient (Wildman–Crippen LogP) is 1.18. The third-order valence-corrected chi connectivity index (χ3v) is 2.77. The summed E-state index contributed by atoms with van der Waals surface area (Å²) in [5.41, 5.74) is -0.319. The lowest BCUT2D eigenvalue weighted by Gasteiger charge is -2.16. The summed E-state index contributed by atoms with van der Waals surface area (Å²) in [6.45, 7) is 2.18. The second-order valence-electron chi connectivity index (χ2n) is 4.05. The third kappa shape index (κ3) is 3.67. The van der Waals surface area contributed by atoms with E-state index in [1.807, 2.05) is 0 Å². The van der Waals surface area contributed by atoms with E-state index < -0.39 is 10.9 Å². The van der Waals surface area contributed by atoms with Crippen LogP contribution in [0.3, 0.4) is 0 Å². The molecule has 1 amide bonds. The Bertz CT molecular complexity index is 544. The van der Waals surface area contributed by atoms with Gasteiger partial charge in [-0.05, 0) is 13.0 Å². The maximum Gasteiger partial charge on any atom is 0.337 e. The van der Waals surface area contributed by atoms with E-state index >= 15 is 0 Å². The number of rotatable bonds is 6. The Morgan fingerprint density at radius 1 is 1.45 bits per heavy atom. The lowest BCUT2D eigenvalue weighted by Crippen LogP contribution is -2.32. The number of likely N-dealkylation sites (N-methyl/N-ethyl adjacent to an activating group) is 1. The molecule has 0 aromatic heterocycles. The van der Waals surface area contributed by atoms with Gasteiger partial charge in [-0.2, -0.15) is 0 Å². The SMILES string of the molecule is CCN(C)C(=O)CNc1cc([N+](=O)[O-])ccc1C(=O)O. The van der Waals surface area contributed by atoms with E-state index in [1.165, 1.54) is 4.90 Å². The Morgan fingerprint density at radius 2 is 2.10 bits per heavy atom. The van der Waals surface area contributed by atoms with Crippen molar-refractivity contribution in [2.24, 2.45) is 0 Å². The molecule has 0 spiro atoms. The van der Waals surface area contributed by atoms with E-state index in [9.17, 15) is 19.7 Å². The molecule has 0 aliphatic carbocycles. The molecule has 0 atom stereocenters. The smallest absolute Gasteiger partial charge is 0.337 e. The number of anilines is 1. The van der Waals surface area contributed by atoms with E-state index in [4.69, 9.17) is 5.11 Å². The summed E-state index contributed by atoms with van der Waals surface area (Å²) >= 11 is 0. The number of amides is 1. The maximum absolute atomic E-state index is 11.6. The highest BCUT2D eigenvalue weighted by molar-refractivity contribution is 5.95. The fraction of sp³-hybridized carbons (Fsp3) is 0.333. The van der Waals surface area contributed by atoms with Crippen LogP contribution in [-0.2, 0) is 4.79 Å². The number of carboxylic acids is 1. The average molecular weight is 281 g/mol. The van der Waals surface area contributed by atoms with Crippen LogP contribution in [0, 0.1) is 10.1 Å². The maximum atomic E-state index is 11.6. The lowest BCUT2D eigenvalue weighted by atomic mass is 10.1. The number of carbonyl (C=O) groups is 2. The van der Waals surface area contributed by atoms with Crippen LogP contribution in [0.25, 0.3) is 0 Å². The lowest BCUT2D eigenvalue weighted by molar-refractivity contribution is -0.384. The number of carbonyl (C=O) groups excluding carboxylic acids is 1. The van der Waals surface area contributed by atoms with Gasteiger partial charge in [0.15, 0.2) is 0 Å². The minimum absolute atomic E-state index is 0.0459. The van der Waals surface area contributed by atoms with Crippen LogP contribution >= 0.6 is 0 Å². The number of aromatic carboxylic acids is 1. The molecule has 0 unspecified atom stereocenters. The summed E-state index contributed by atoms with van der Waals surface area (Å²) in [6, 6.07) is 3.34. The molecule has 0 saturated carbocycles. The van der Waals surface area contributed by atoms with Crippen molar-refractivity contribution >= 4 is 23.3 Å². The van der Waals surface area contributed by atoms with Gasteiger partial charge in [-0.15, -0.1) is 0 Å². The zero-order chi connectivity index (χ0) is 15.3. The van der Waals surface area contributed by atoms with Gasteiger partial charge in [-0.3, -0.25) is 14.9 Å². The van der Waals surface area contributed by atoms with Crippen LogP contribution in [0.5, 0.6) is 0 Å². The first-order chi connectivity index (χ1) is 9.36. The summed E-state index contributed by atoms with van der Waals surface area (Å²) in [5, 5.41) is 22.3. The van der Waals surface area contributed by atoms with Crippen LogP contribution in [0.15, 0.2) is 18.2 Å². The molecular weight excluding hydrogens is 266 g/mol. The normalized spacial score (nSPS) is 9.90. The van der Waals surface area contributed by atoms with Gasteiger partial charge in [0, 0.05) is 25.7 Å². The third-order valence-electron chi connectivity index (χ3n) is 2.77. The van der Waals surface area contributed by atoms with Crippen molar-refractivity contribution in [2.45, 2.75) is 6.92 Å². The van der Waals surface area contributed by atoms with Crippen LogP contribution in [0.4, 0.5) is 11.4 Å². The summed E-state index contributed by atoms with van der Waals surface area (Å²) in [4.78, 5) is 34.2. The largest absolute Gasteiger partial charge is 0.478 e. The number of nitro groups is 1. The highest BCUT2D eigenvalue weighted by Crippen LogP contribution is 2.22. The van der Waals surface area contributed by atoms with E-state index in [1.54, 1.807) is 14.0 Å². The average Bonchev–Trinajstić information content (AvgIpc) is 2.43. The van der Waals surface area contributed by atoms with Gasteiger partial charge in [0.25, 0.3) is 5.69 Å². The number of hydrogen-bond acceptors (Lipinski definition) is 5. The molecule has 0 bridgehead atoms. The molecule has 8 nitrogen and oxygen atoms in total. The van der Waals surface area contributed by atoms with E-state index in [-0.39, 0.29) is 29.4 Å². The molecule has 0 radical (unpaired) electrons. The van der Waals surface area contributed by atoms with E-state index in [0.717, 1.165) is 18.2 Å². The van der Waals surface area contributed by atoms with E-state index in [0.29, 0.717) is 6.54 Å². The Morgan fingerprint density at radius 3 is 2.60 bits per heavy atom. The number of non-ortho nitro benzene ring substituents is 1. The van der Waals surface area contributed by atoms with Gasteiger partial charge in [0.05, 0.1) is 22.7 Å². The molecule has 8 heteroatoms. The molecule has 1 rings (SSSR count). The molecule has 0 aliphatic rings. The molecule has 0 aliphatic heterocycles. The Balaban J connectivity index is 2.96. The van der Waals surface area contributed by atoms with Gasteiger partial charge in [0.2, 0.25) is 5.91 Å². The first kappa shape index (κ1) is 15.4. The highest BCUT2D eigenvalue weighted by atomic mass is 16.6. The van der Waals surface area contributed by atoms with Crippen LogP contribution < -0.4 is 5.32 Å². The van der Waals surface area contributed by atoms with Crippen LogP contribution in [0.2, 0.25) is 0 Å². The number of benzene rings is 1. The fourth-order valence-electron chi connectivity index (χ4n) is 1.46. The molecule has 1 aromatic rings. The second-order valence-corrected chi connectivity index (χ2v) is 4.05. The number of nitro benzene ring substituents is 1. The van der Waals surface area contributed by atoms with Gasteiger partial charge in [0.1, 0.15) is 0 Å². The molecule has 0 saturated heterocycles. The molecule has 2 N–H and O–H groups in total. The molecule has 0 fully saturated rings. The number of hydrogen-bond donors (Lipinski definition) is 2. The van der Waals surface area contributed by atoms with Crippen LogP contribution in [-0.4, -0.2) is 46.9 Å². The van der Waals surface area contributed by atoms with Crippen molar-refractivity contribution in [3.8, 4) is 0 Å². The van der Waals surface area contributed by atoms with E-state index in [2.05, 4.69) is 5.32 Å². The monoisotopic (exact) mass is 281 g/mol. The molecule has 1 aromatic carbocycles. The molecule has 108 valence electrons. The molecular formula is C12H15N3O5.